The van der Waals surface area contributed by atoms with Crippen molar-refractivity contribution in [3.05, 3.63) is 0 Å². The highest BCUT2D eigenvalue weighted by atomic mass is 15.1. The van der Waals surface area contributed by atoms with Gasteiger partial charge in [0.25, 0.3) is 0 Å². The molecule has 0 radical (unpaired) electrons. The minimum atomic E-state index is 0.795. The third-order valence-electron chi connectivity index (χ3n) is 2.61. The van der Waals surface area contributed by atoms with E-state index < -0.39 is 0 Å². The van der Waals surface area contributed by atoms with Crippen LogP contribution in [0.1, 0.15) is 25.7 Å². The van der Waals surface area contributed by atoms with E-state index in [-0.39, 0.29) is 0 Å². The third kappa shape index (κ3) is 1.32. The summed E-state index contributed by atoms with van der Waals surface area (Å²) >= 11 is 0. The van der Waals surface area contributed by atoms with Gasteiger partial charge in [-0.15, -0.1) is 0 Å². The van der Waals surface area contributed by atoms with Crippen molar-refractivity contribution >= 4 is 0 Å². The predicted molar refractivity (Wildman–Crippen MR) is 42.0 cm³/mol. The molecule has 0 amide bonds. The molecule has 1 aliphatic carbocycles. The second kappa shape index (κ2) is 2.89. The van der Waals surface area contributed by atoms with Crippen molar-refractivity contribution in [2.75, 3.05) is 13.1 Å². The van der Waals surface area contributed by atoms with Gasteiger partial charge in [-0.1, -0.05) is 12.8 Å². The molecule has 2 rings (SSSR count). The summed E-state index contributed by atoms with van der Waals surface area (Å²) in [6.45, 7) is 2.38. The Labute approximate surface area is 62.4 Å². The summed E-state index contributed by atoms with van der Waals surface area (Å²) in [4.78, 5) is 0. The molecule has 2 N–H and O–H groups in total. The Morgan fingerprint density at radius 2 is 1.70 bits per heavy atom. The summed E-state index contributed by atoms with van der Waals surface area (Å²) in [6, 6.07) is 1.65. The van der Waals surface area contributed by atoms with Gasteiger partial charge in [0, 0.05) is 25.2 Å². The Morgan fingerprint density at radius 3 is 2.20 bits per heavy atom. The average Bonchev–Trinajstić information content (AvgIpc) is 2.29. The zero-order valence-electron chi connectivity index (χ0n) is 6.40. The van der Waals surface area contributed by atoms with Gasteiger partial charge < -0.3 is 10.6 Å². The molecule has 2 nitrogen and oxygen atoms in total. The SMILES string of the molecule is C1CCC(NC2CNC2)C1. The Bertz CT molecular complexity index is 104. The Morgan fingerprint density at radius 1 is 1.00 bits per heavy atom. The fourth-order valence-corrected chi connectivity index (χ4v) is 1.83. The third-order valence-corrected chi connectivity index (χ3v) is 2.61. The summed E-state index contributed by atoms with van der Waals surface area (Å²) in [7, 11) is 0. The minimum absolute atomic E-state index is 0.795. The van der Waals surface area contributed by atoms with Crippen molar-refractivity contribution in [3.8, 4) is 0 Å². The Hall–Kier alpha value is -0.0800. The van der Waals surface area contributed by atoms with E-state index in [0.29, 0.717) is 0 Å². The van der Waals surface area contributed by atoms with E-state index in [2.05, 4.69) is 10.6 Å². The van der Waals surface area contributed by atoms with Crippen molar-refractivity contribution in [2.45, 2.75) is 37.8 Å². The van der Waals surface area contributed by atoms with Crippen LogP contribution in [0.15, 0.2) is 0 Å². The summed E-state index contributed by atoms with van der Waals surface area (Å²) in [5.74, 6) is 0. The first-order valence-electron chi connectivity index (χ1n) is 4.42. The highest BCUT2D eigenvalue weighted by molar-refractivity contribution is 4.86. The molecule has 1 heterocycles. The Kier molecular flexibility index (Phi) is 1.91. The fourth-order valence-electron chi connectivity index (χ4n) is 1.83. The van der Waals surface area contributed by atoms with Crippen molar-refractivity contribution in [1.29, 1.82) is 0 Å². The number of nitrogens with one attached hydrogen (secondary N) is 2. The first-order valence-corrected chi connectivity index (χ1v) is 4.42. The van der Waals surface area contributed by atoms with Crippen LogP contribution >= 0.6 is 0 Å². The maximum atomic E-state index is 3.65. The normalized spacial score (nSPS) is 28.8. The standard InChI is InChI=1S/C8H16N2/c1-2-4-7(3-1)10-8-5-9-6-8/h7-10H,1-6H2. The lowest BCUT2D eigenvalue weighted by atomic mass is 10.1. The van der Waals surface area contributed by atoms with Gasteiger partial charge >= 0.3 is 0 Å². The van der Waals surface area contributed by atoms with Gasteiger partial charge in [0.15, 0.2) is 0 Å². The van der Waals surface area contributed by atoms with Crippen LogP contribution in [-0.2, 0) is 0 Å². The zero-order valence-corrected chi connectivity index (χ0v) is 6.40. The molecule has 58 valence electrons. The van der Waals surface area contributed by atoms with E-state index in [1.54, 1.807) is 0 Å². The van der Waals surface area contributed by atoms with Crippen LogP contribution in [0.5, 0.6) is 0 Å². The summed E-state index contributed by atoms with van der Waals surface area (Å²) in [5, 5.41) is 6.93. The smallest absolute Gasteiger partial charge is 0.0319 e. The molecule has 1 aliphatic heterocycles. The van der Waals surface area contributed by atoms with Gasteiger partial charge in [0.05, 0.1) is 0 Å². The van der Waals surface area contributed by atoms with Gasteiger partial charge in [0.1, 0.15) is 0 Å². The van der Waals surface area contributed by atoms with Gasteiger partial charge in [-0.25, -0.2) is 0 Å². The second-order valence-electron chi connectivity index (χ2n) is 3.50. The lowest BCUT2D eigenvalue weighted by Crippen LogP contribution is -2.57. The number of hydrogen-bond acceptors (Lipinski definition) is 2. The molecule has 2 fully saturated rings. The summed E-state index contributed by atoms with van der Waals surface area (Å²) in [6.07, 6.45) is 5.71. The molecule has 0 aromatic heterocycles. The second-order valence-corrected chi connectivity index (χ2v) is 3.50. The van der Waals surface area contributed by atoms with E-state index in [0.717, 1.165) is 12.1 Å². The summed E-state index contributed by atoms with van der Waals surface area (Å²) in [5.41, 5.74) is 0. The molecule has 0 bridgehead atoms. The zero-order chi connectivity index (χ0) is 6.81. The highest BCUT2D eigenvalue weighted by Gasteiger charge is 2.22. The maximum absolute atomic E-state index is 3.65. The maximum Gasteiger partial charge on any atom is 0.0319 e. The molecule has 10 heavy (non-hydrogen) atoms. The molecule has 0 atom stereocenters. The fraction of sp³-hybridized carbons (Fsp3) is 1.00. The average molecular weight is 140 g/mol. The lowest BCUT2D eigenvalue weighted by Gasteiger charge is -2.30. The molecular formula is C8H16N2. The van der Waals surface area contributed by atoms with Crippen LogP contribution in [0, 0.1) is 0 Å². The van der Waals surface area contributed by atoms with E-state index >= 15 is 0 Å². The van der Waals surface area contributed by atoms with Gasteiger partial charge in [-0.2, -0.15) is 0 Å². The van der Waals surface area contributed by atoms with Gasteiger partial charge in [0.2, 0.25) is 0 Å². The van der Waals surface area contributed by atoms with Crippen molar-refractivity contribution in [2.24, 2.45) is 0 Å². The minimum Gasteiger partial charge on any atom is -0.314 e. The van der Waals surface area contributed by atoms with E-state index in [1.165, 1.54) is 38.8 Å². The van der Waals surface area contributed by atoms with Crippen LogP contribution in [0.25, 0.3) is 0 Å². The van der Waals surface area contributed by atoms with E-state index in [9.17, 15) is 0 Å². The summed E-state index contributed by atoms with van der Waals surface area (Å²) < 4.78 is 0. The van der Waals surface area contributed by atoms with Crippen LogP contribution in [0.2, 0.25) is 0 Å². The number of rotatable bonds is 2. The topological polar surface area (TPSA) is 24.1 Å². The van der Waals surface area contributed by atoms with Crippen LogP contribution < -0.4 is 10.6 Å². The van der Waals surface area contributed by atoms with Crippen molar-refractivity contribution < 1.29 is 0 Å². The highest BCUT2D eigenvalue weighted by Crippen LogP contribution is 2.18. The molecule has 0 spiro atoms. The van der Waals surface area contributed by atoms with Crippen molar-refractivity contribution in [3.63, 3.8) is 0 Å². The predicted octanol–water partition coefficient (Wildman–Crippen LogP) is 0.490. The molecular weight excluding hydrogens is 124 g/mol. The Balaban J connectivity index is 1.68. The molecule has 0 aromatic rings. The quantitative estimate of drug-likeness (QED) is 0.583. The van der Waals surface area contributed by atoms with E-state index in [1.807, 2.05) is 0 Å². The molecule has 2 aliphatic rings. The van der Waals surface area contributed by atoms with Crippen LogP contribution in [0.3, 0.4) is 0 Å². The van der Waals surface area contributed by atoms with E-state index in [4.69, 9.17) is 0 Å². The molecule has 1 saturated heterocycles. The molecule has 0 unspecified atom stereocenters. The number of hydrogen-bond donors (Lipinski definition) is 2. The van der Waals surface area contributed by atoms with Gasteiger partial charge in [-0.05, 0) is 12.8 Å². The largest absolute Gasteiger partial charge is 0.314 e. The first-order chi connectivity index (χ1) is 4.95. The van der Waals surface area contributed by atoms with Crippen LogP contribution in [-0.4, -0.2) is 25.2 Å². The first kappa shape index (κ1) is 6.62. The monoisotopic (exact) mass is 140 g/mol. The molecule has 2 heteroatoms. The molecule has 0 aromatic carbocycles. The van der Waals surface area contributed by atoms with Crippen LogP contribution in [0.4, 0.5) is 0 Å². The molecule has 1 saturated carbocycles. The van der Waals surface area contributed by atoms with Gasteiger partial charge in [-0.3, -0.25) is 0 Å². The van der Waals surface area contributed by atoms with Crippen molar-refractivity contribution in [1.82, 2.24) is 10.6 Å². The lowest BCUT2D eigenvalue weighted by molar-refractivity contribution is 0.328.